The second-order valence-electron chi connectivity index (χ2n) is 13.3. The van der Waals surface area contributed by atoms with E-state index in [1.54, 1.807) is 91.0 Å². The summed E-state index contributed by atoms with van der Waals surface area (Å²) in [5, 5.41) is 0.790. The summed E-state index contributed by atoms with van der Waals surface area (Å²) in [5.74, 6) is 0.0818. The fourth-order valence-electron chi connectivity index (χ4n) is 7.48. The predicted molar refractivity (Wildman–Crippen MR) is 230 cm³/mol. The van der Waals surface area contributed by atoms with E-state index in [0.29, 0.717) is 44.2 Å². The van der Waals surface area contributed by atoms with E-state index in [4.69, 9.17) is 36.1 Å². The van der Waals surface area contributed by atoms with Crippen LogP contribution in [0, 0.1) is 0 Å². The van der Waals surface area contributed by atoms with E-state index in [2.05, 4.69) is 0 Å². The molecule has 0 atom stereocenters. The van der Waals surface area contributed by atoms with Gasteiger partial charge in [-0.15, -0.1) is 0 Å². The van der Waals surface area contributed by atoms with Gasteiger partial charge in [-0.2, -0.15) is 9.97 Å². The molecule has 57 heavy (non-hydrogen) atoms. The highest BCUT2D eigenvalue weighted by atomic mass is 16.3. The minimum absolute atomic E-state index is 0.00231. The molecular weight excluding hydrogens is 701 g/mol. The third kappa shape index (κ3) is 4.94. The zero-order valence-corrected chi connectivity index (χ0v) is 29.3. The quantitative estimate of drug-likeness (QED) is 0.175. The molecule has 0 spiro atoms. The van der Waals surface area contributed by atoms with Gasteiger partial charge in [-0.25, -0.2) is 4.98 Å². The van der Waals surface area contributed by atoms with Gasteiger partial charge >= 0.3 is 0 Å². The Hall–Kier alpha value is -7.83. The van der Waals surface area contributed by atoms with Gasteiger partial charge in [0.2, 0.25) is 5.95 Å². The number of aromatic nitrogens is 4. The number of hydrogen-bond donors (Lipinski definition) is 0. The summed E-state index contributed by atoms with van der Waals surface area (Å²) in [6, 6.07) is 21.6. The van der Waals surface area contributed by atoms with E-state index in [-0.39, 0.29) is 103 Å². The number of rotatable bonds is 5. The molecule has 0 fully saturated rings. The summed E-state index contributed by atoms with van der Waals surface area (Å²) in [5.41, 5.74) is 2.05. The first-order valence-electron chi connectivity index (χ1n) is 24.9. The van der Waals surface area contributed by atoms with E-state index in [9.17, 15) is 6.85 Å². The van der Waals surface area contributed by atoms with Crippen molar-refractivity contribution in [2.45, 2.75) is 0 Å². The largest absolute Gasteiger partial charge is 0.456 e. The molecule has 4 aromatic heterocycles. The van der Waals surface area contributed by atoms with Crippen molar-refractivity contribution < 1.29 is 28.0 Å². The molecule has 0 radical (unpaired) electrons. The second-order valence-corrected chi connectivity index (χ2v) is 13.3. The Morgan fingerprint density at radius 2 is 1.19 bits per heavy atom. The molecule has 0 aliphatic carbocycles. The number of fused-ring (bicyclic) bond motifs is 10. The molecule has 0 unspecified atom stereocenters. The average molecular weight is 745 g/mol. The maximum Gasteiger partial charge on any atom is 0.238 e. The number of nitrogens with zero attached hydrogens (tertiary/aromatic N) is 4. The summed E-state index contributed by atoms with van der Waals surface area (Å²) in [4.78, 5) is 14.9. The highest BCUT2D eigenvalue weighted by Gasteiger charge is 2.23. The van der Waals surface area contributed by atoms with Crippen LogP contribution in [-0.2, 0) is 0 Å². The number of hydrogen-bond acceptors (Lipinski definition) is 5. The SMILES string of the molecule is [2H]c1c([2H])c([2H])c(-c2cccc3oc4cc(-c5nc(-c6ccccc6)nc(-n6c7c([2H])c(-c8ccccc8)c([2H])c([2H])c7c7c8oc9c([2H])c([2H])c([2H])c([2H])c9c8c([2H])c([2H])c76)n5)ccc4c23)c([2H])c1[2H]. The van der Waals surface area contributed by atoms with E-state index >= 15 is 0 Å². The van der Waals surface area contributed by atoms with Gasteiger partial charge in [-0.05, 0) is 64.6 Å². The monoisotopic (exact) mass is 744 g/mol. The molecule has 6 heteroatoms. The van der Waals surface area contributed by atoms with E-state index in [1.807, 2.05) is 6.07 Å². The first-order valence-corrected chi connectivity index (χ1v) is 17.9. The lowest BCUT2D eigenvalue weighted by Gasteiger charge is -2.11. The van der Waals surface area contributed by atoms with E-state index in [1.165, 1.54) is 4.57 Å². The molecular formula is C51H30N4O2. The first-order chi connectivity index (χ1) is 34.1. The fraction of sp³-hybridized carbons (Fsp3) is 0. The van der Waals surface area contributed by atoms with Crippen molar-refractivity contribution in [1.82, 2.24) is 19.5 Å². The van der Waals surface area contributed by atoms with Gasteiger partial charge in [0.25, 0.3) is 0 Å². The topological polar surface area (TPSA) is 69.9 Å². The summed E-state index contributed by atoms with van der Waals surface area (Å²) >= 11 is 0. The molecule has 6 nitrogen and oxygen atoms in total. The highest BCUT2D eigenvalue weighted by Crippen LogP contribution is 2.42. The highest BCUT2D eigenvalue weighted by molar-refractivity contribution is 6.24. The lowest BCUT2D eigenvalue weighted by atomic mass is 9.99. The van der Waals surface area contributed by atoms with Gasteiger partial charge in [-0.3, -0.25) is 4.57 Å². The van der Waals surface area contributed by atoms with Gasteiger partial charge < -0.3 is 8.83 Å². The van der Waals surface area contributed by atoms with Gasteiger partial charge in [0.05, 0.1) is 35.6 Å². The van der Waals surface area contributed by atoms with Crippen LogP contribution < -0.4 is 0 Å². The normalized spacial score (nSPS) is 15.3. The Bertz CT molecular complexity index is 4320. The molecule has 266 valence electrons. The molecule has 0 saturated heterocycles. The van der Waals surface area contributed by atoms with Crippen LogP contribution in [0.3, 0.4) is 0 Å². The zero-order valence-electron chi connectivity index (χ0n) is 43.3. The molecule has 4 heterocycles. The molecule has 0 N–H and O–H groups in total. The van der Waals surface area contributed by atoms with E-state index < -0.39 is 54.4 Å². The summed E-state index contributed by atoms with van der Waals surface area (Å²) in [7, 11) is 0. The van der Waals surface area contributed by atoms with Gasteiger partial charge in [0.15, 0.2) is 11.6 Å². The molecule has 8 aromatic carbocycles. The standard InChI is InChI=1S/C51H30N4O2/c1-4-13-31(14-5-1)34-23-25-39-42(29-34)55(41-28-27-38-37-19-10-11-21-43(37)57-48(38)47(39)41)51-53-49(33-17-8-3-9-18-33)52-50(54-51)35-24-26-40-45(30-35)56-44-22-12-20-36(46(40)44)32-15-6-2-7-16-32/h1-30H/i2D,6D,7D,10D,11D,15D,16D,19D,21D,23D,25D,27D,28D,29D. The van der Waals surface area contributed by atoms with Gasteiger partial charge in [0, 0.05) is 38.1 Å². The van der Waals surface area contributed by atoms with Crippen molar-refractivity contribution in [3.63, 3.8) is 0 Å². The first kappa shape index (κ1) is 20.7. The van der Waals surface area contributed by atoms with Crippen LogP contribution in [0.15, 0.2) is 190 Å². The van der Waals surface area contributed by atoms with Crippen LogP contribution in [0.2, 0.25) is 0 Å². The second kappa shape index (κ2) is 12.3. The third-order valence-corrected chi connectivity index (χ3v) is 10.0. The number of furan rings is 2. The van der Waals surface area contributed by atoms with Crippen molar-refractivity contribution in [3.05, 3.63) is 182 Å². The molecule has 0 saturated carbocycles. The maximum absolute atomic E-state index is 9.91. The van der Waals surface area contributed by atoms with Crippen LogP contribution >= 0.6 is 0 Å². The fourth-order valence-corrected chi connectivity index (χ4v) is 7.48. The van der Waals surface area contributed by atoms with Crippen LogP contribution in [0.25, 0.3) is 117 Å². The van der Waals surface area contributed by atoms with Gasteiger partial charge in [-0.1, -0.05) is 139 Å². The summed E-state index contributed by atoms with van der Waals surface area (Å²) < 4.78 is 139. The van der Waals surface area contributed by atoms with Crippen LogP contribution in [0.5, 0.6) is 0 Å². The van der Waals surface area contributed by atoms with Crippen molar-refractivity contribution in [1.29, 1.82) is 0 Å². The van der Waals surface area contributed by atoms with Gasteiger partial charge in [0.1, 0.15) is 22.3 Å². The molecule has 0 amide bonds. The lowest BCUT2D eigenvalue weighted by Crippen LogP contribution is -2.06. The number of para-hydroxylation sites is 1. The summed E-state index contributed by atoms with van der Waals surface area (Å²) in [6.07, 6.45) is 0. The van der Waals surface area contributed by atoms with Crippen molar-refractivity contribution in [3.8, 4) is 51.0 Å². The van der Waals surface area contributed by atoms with E-state index in [0.717, 1.165) is 0 Å². The molecule has 12 rings (SSSR count). The number of benzene rings is 8. The molecule has 0 aliphatic heterocycles. The Morgan fingerprint density at radius 3 is 2.04 bits per heavy atom. The Morgan fingerprint density at radius 1 is 0.439 bits per heavy atom. The molecule has 0 aliphatic rings. The predicted octanol–water partition coefficient (Wildman–Crippen LogP) is 13.4. The van der Waals surface area contributed by atoms with Crippen molar-refractivity contribution in [2.24, 2.45) is 0 Å². The van der Waals surface area contributed by atoms with Crippen LogP contribution in [0.1, 0.15) is 19.2 Å². The Labute approximate surface area is 345 Å². The molecule has 12 aromatic rings. The maximum atomic E-state index is 9.91. The summed E-state index contributed by atoms with van der Waals surface area (Å²) in [6.45, 7) is 0. The van der Waals surface area contributed by atoms with Crippen LogP contribution in [-0.4, -0.2) is 19.5 Å². The van der Waals surface area contributed by atoms with Crippen molar-refractivity contribution in [2.75, 3.05) is 0 Å². The van der Waals surface area contributed by atoms with Crippen molar-refractivity contribution >= 4 is 65.7 Å². The average Bonchev–Trinajstić information content (AvgIpc) is 4.09. The molecule has 0 bridgehead atoms. The Balaban J connectivity index is 1.19. The smallest absolute Gasteiger partial charge is 0.238 e. The Kier molecular flexibility index (Phi) is 4.49. The van der Waals surface area contributed by atoms with Crippen LogP contribution in [0.4, 0.5) is 0 Å². The minimum Gasteiger partial charge on any atom is -0.456 e. The lowest BCUT2D eigenvalue weighted by molar-refractivity contribution is 0.669. The third-order valence-electron chi connectivity index (χ3n) is 10.0. The zero-order chi connectivity index (χ0) is 49.6. The minimum atomic E-state index is -0.574.